The lowest BCUT2D eigenvalue weighted by atomic mass is 9.91. The molecule has 1 fully saturated rings. The number of carbonyl (C=O) groups excluding carboxylic acids is 1. The summed E-state index contributed by atoms with van der Waals surface area (Å²) < 4.78 is 5.44. The van der Waals surface area contributed by atoms with Crippen molar-refractivity contribution < 1.29 is 9.53 Å². The Bertz CT molecular complexity index is 593. The first-order valence-corrected chi connectivity index (χ1v) is 12.6. The number of ether oxygens (including phenoxy) is 1. The maximum Gasteiger partial charge on any atom is 0.182 e. The number of benzene rings is 1. The smallest absolute Gasteiger partial charge is 0.182 e. The van der Waals surface area contributed by atoms with Crippen LogP contribution >= 0.6 is 11.8 Å². The second kappa shape index (κ2) is 12.8. The summed E-state index contributed by atoms with van der Waals surface area (Å²) in [7, 11) is 0. The maximum absolute atomic E-state index is 13.1. The standard InChI is InChI=1S/C25H41NO2S/c1-5-7-9-11-21(10-8-6-2)20-29-23-14-12-22(13-15-23)24(27)25(3,4)26-16-18-28-19-17-26/h12-15,21H,5-11,16-20H2,1-4H3. The van der Waals surface area contributed by atoms with E-state index in [1.807, 2.05) is 37.7 Å². The van der Waals surface area contributed by atoms with Crippen LogP contribution in [0, 0.1) is 5.92 Å². The first-order chi connectivity index (χ1) is 14.0. The van der Waals surface area contributed by atoms with E-state index in [4.69, 9.17) is 4.74 Å². The summed E-state index contributed by atoms with van der Waals surface area (Å²) in [5.74, 6) is 2.21. The predicted octanol–water partition coefficient (Wildman–Crippen LogP) is 6.46. The number of unbranched alkanes of at least 4 members (excludes halogenated alkanes) is 3. The van der Waals surface area contributed by atoms with Gasteiger partial charge in [-0.05, 0) is 44.7 Å². The maximum atomic E-state index is 13.1. The van der Waals surface area contributed by atoms with Gasteiger partial charge in [-0.15, -0.1) is 11.8 Å². The molecule has 0 N–H and O–H groups in total. The van der Waals surface area contributed by atoms with Crippen LogP contribution in [0.5, 0.6) is 0 Å². The number of hydrogen-bond donors (Lipinski definition) is 0. The van der Waals surface area contributed by atoms with Gasteiger partial charge < -0.3 is 4.74 Å². The van der Waals surface area contributed by atoms with Gasteiger partial charge in [-0.2, -0.15) is 0 Å². The van der Waals surface area contributed by atoms with Crippen LogP contribution in [0.3, 0.4) is 0 Å². The van der Waals surface area contributed by atoms with Crippen LogP contribution in [0.1, 0.15) is 83.0 Å². The van der Waals surface area contributed by atoms with Gasteiger partial charge in [0.25, 0.3) is 0 Å². The lowest BCUT2D eigenvalue weighted by Crippen LogP contribution is -2.54. The molecule has 1 aliphatic rings. The molecule has 1 heterocycles. The van der Waals surface area contributed by atoms with E-state index in [1.54, 1.807) is 0 Å². The summed E-state index contributed by atoms with van der Waals surface area (Å²) in [6, 6.07) is 8.31. The van der Waals surface area contributed by atoms with Crippen LogP contribution in [-0.2, 0) is 4.74 Å². The van der Waals surface area contributed by atoms with Gasteiger partial charge in [-0.25, -0.2) is 0 Å². The van der Waals surface area contributed by atoms with Gasteiger partial charge >= 0.3 is 0 Å². The third-order valence-corrected chi connectivity index (χ3v) is 7.38. The summed E-state index contributed by atoms with van der Waals surface area (Å²) in [5.41, 5.74) is 0.333. The molecule has 0 radical (unpaired) electrons. The Morgan fingerprint density at radius 3 is 2.28 bits per heavy atom. The first-order valence-electron chi connectivity index (χ1n) is 11.6. The molecule has 1 saturated heterocycles. The van der Waals surface area contributed by atoms with E-state index in [1.165, 1.54) is 55.6 Å². The third-order valence-electron chi connectivity index (χ3n) is 6.14. The van der Waals surface area contributed by atoms with Crippen LogP contribution in [0.15, 0.2) is 29.2 Å². The molecule has 1 unspecified atom stereocenters. The van der Waals surface area contributed by atoms with E-state index in [9.17, 15) is 4.79 Å². The van der Waals surface area contributed by atoms with Gasteiger partial charge in [0, 0.05) is 29.3 Å². The molecule has 2 rings (SSSR count). The van der Waals surface area contributed by atoms with Crippen molar-refractivity contribution in [3.8, 4) is 0 Å². The molecule has 4 heteroatoms. The number of hydrogen-bond acceptors (Lipinski definition) is 4. The normalized spacial score (nSPS) is 16.7. The van der Waals surface area contributed by atoms with Gasteiger partial charge in [-0.1, -0.05) is 58.1 Å². The number of rotatable bonds is 13. The first kappa shape index (κ1) is 24.4. The minimum absolute atomic E-state index is 0.205. The molecular weight excluding hydrogens is 378 g/mol. The van der Waals surface area contributed by atoms with Crippen molar-refractivity contribution in [3.63, 3.8) is 0 Å². The van der Waals surface area contributed by atoms with Crippen LogP contribution < -0.4 is 0 Å². The molecule has 0 amide bonds. The molecule has 0 spiro atoms. The predicted molar refractivity (Wildman–Crippen MR) is 125 cm³/mol. The zero-order valence-corrected chi connectivity index (χ0v) is 19.9. The molecule has 1 aromatic carbocycles. The van der Waals surface area contributed by atoms with Crippen molar-refractivity contribution in [2.45, 2.75) is 83.1 Å². The highest BCUT2D eigenvalue weighted by Gasteiger charge is 2.35. The number of Topliss-reactive ketones (excluding diaryl/α,β-unsaturated/α-hetero) is 1. The van der Waals surface area contributed by atoms with Crippen molar-refractivity contribution in [2.75, 3.05) is 32.1 Å². The number of morpholine rings is 1. The quantitative estimate of drug-likeness (QED) is 0.208. The van der Waals surface area contributed by atoms with Crippen molar-refractivity contribution in [1.29, 1.82) is 0 Å². The Balaban J connectivity index is 1.91. The highest BCUT2D eigenvalue weighted by Crippen LogP contribution is 2.28. The summed E-state index contributed by atoms with van der Waals surface area (Å²) >= 11 is 1.95. The average Bonchev–Trinajstić information content (AvgIpc) is 2.75. The number of nitrogens with zero attached hydrogens (tertiary/aromatic N) is 1. The van der Waals surface area contributed by atoms with E-state index >= 15 is 0 Å². The molecule has 0 bridgehead atoms. The second-order valence-corrected chi connectivity index (χ2v) is 9.92. The van der Waals surface area contributed by atoms with Gasteiger partial charge in [0.2, 0.25) is 0 Å². The van der Waals surface area contributed by atoms with E-state index in [-0.39, 0.29) is 5.78 Å². The fourth-order valence-corrected chi connectivity index (χ4v) is 5.11. The fraction of sp³-hybridized carbons (Fsp3) is 0.720. The van der Waals surface area contributed by atoms with Gasteiger partial charge in [-0.3, -0.25) is 9.69 Å². The molecule has 1 atom stereocenters. The largest absolute Gasteiger partial charge is 0.379 e. The molecule has 0 aromatic heterocycles. The van der Waals surface area contributed by atoms with Crippen molar-refractivity contribution >= 4 is 17.5 Å². The Labute approximate surface area is 183 Å². The number of thioether (sulfide) groups is 1. The summed E-state index contributed by atoms with van der Waals surface area (Å²) in [6.07, 6.45) is 9.32. The Hall–Kier alpha value is -0.840. The minimum atomic E-state index is -0.483. The van der Waals surface area contributed by atoms with E-state index in [0.717, 1.165) is 24.6 Å². The zero-order valence-electron chi connectivity index (χ0n) is 19.0. The molecular formula is C25H41NO2S. The van der Waals surface area contributed by atoms with E-state index < -0.39 is 5.54 Å². The third kappa shape index (κ3) is 7.73. The molecule has 164 valence electrons. The average molecular weight is 420 g/mol. The molecule has 1 aliphatic heterocycles. The minimum Gasteiger partial charge on any atom is -0.379 e. The lowest BCUT2D eigenvalue weighted by Gasteiger charge is -2.39. The fourth-order valence-electron chi connectivity index (χ4n) is 4.02. The van der Waals surface area contributed by atoms with Crippen LogP contribution in [0.25, 0.3) is 0 Å². The molecule has 1 aromatic rings. The van der Waals surface area contributed by atoms with Crippen LogP contribution in [0.4, 0.5) is 0 Å². The monoisotopic (exact) mass is 419 g/mol. The zero-order chi connectivity index (χ0) is 21.1. The van der Waals surface area contributed by atoms with Crippen molar-refractivity contribution in [1.82, 2.24) is 4.90 Å². The summed E-state index contributed by atoms with van der Waals surface area (Å²) in [5, 5.41) is 0. The topological polar surface area (TPSA) is 29.5 Å². The van der Waals surface area contributed by atoms with Crippen molar-refractivity contribution in [3.05, 3.63) is 29.8 Å². The molecule has 0 aliphatic carbocycles. The number of ketones is 1. The Kier molecular flexibility index (Phi) is 10.8. The van der Waals surface area contributed by atoms with Gasteiger partial charge in [0.05, 0.1) is 18.8 Å². The SMILES string of the molecule is CCCCCC(CCCC)CSc1ccc(C(=O)C(C)(C)N2CCOCC2)cc1. The van der Waals surface area contributed by atoms with Crippen molar-refractivity contribution in [2.24, 2.45) is 5.92 Å². The van der Waals surface area contributed by atoms with Crippen LogP contribution in [-0.4, -0.2) is 48.3 Å². The summed E-state index contributed by atoms with van der Waals surface area (Å²) in [4.78, 5) is 16.6. The summed E-state index contributed by atoms with van der Waals surface area (Å²) in [6.45, 7) is 11.7. The van der Waals surface area contributed by atoms with E-state index in [2.05, 4.69) is 30.9 Å². The molecule has 3 nitrogen and oxygen atoms in total. The second-order valence-electron chi connectivity index (χ2n) is 8.83. The Morgan fingerprint density at radius 2 is 1.66 bits per heavy atom. The van der Waals surface area contributed by atoms with Gasteiger partial charge in [0.15, 0.2) is 5.78 Å². The van der Waals surface area contributed by atoms with Gasteiger partial charge in [0.1, 0.15) is 0 Å². The lowest BCUT2D eigenvalue weighted by molar-refractivity contribution is -0.00430. The Morgan fingerprint density at radius 1 is 1.03 bits per heavy atom. The highest BCUT2D eigenvalue weighted by molar-refractivity contribution is 7.99. The molecule has 29 heavy (non-hydrogen) atoms. The highest BCUT2D eigenvalue weighted by atomic mass is 32.2. The van der Waals surface area contributed by atoms with Crippen LogP contribution in [0.2, 0.25) is 0 Å². The number of carbonyl (C=O) groups is 1. The van der Waals surface area contributed by atoms with E-state index in [0.29, 0.717) is 13.2 Å². The molecule has 0 saturated carbocycles.